The quantitative estimate of drug-likeness (QED) is 0.699. The van der Waals surface area contributed by atoms with Gasteiger partial charge in [0.05, 0.1) is 5.39 Å². The van der Waals surface area contributed by atoms with Crippen LogP contribution in [0.4, 0.5) is 5.13 Å². The van der Waals surface area contributed by atoms with E-state index in [2.05, 4.69) is 20.6 Å². The second-order valence-corrected chi connectivity index (χ2v) is 6.08. The Morgan fingerprint density at radius 2 is 1.96 bits per heavy atom. The maximum atomic E-state index is 12.4. The minimum Gasteiger partial charge on any atom is -0.364 e. The first-order chi connectivity index (χ1) is 11.5. The number of benzene rings is 1. The highest BCUT2D eigenvalue weighted by atomic mass is 32.1. The summed E-state index contributed by atoms with van der Waals surface area (Å²) in [5.41, 5.74) is 4.77. The number of amides is 2. The third-order valence-corrected chi connectivity index (χ3v) is 3.92. The van der Waals surface area contributed by atoms with E-state index in [0.717, 1.165) is 4.68 Å². The zero-order chi connectivity index (χ0) is 17.3. The molecule has 1 aromatic carbocycles. The van der Waals surface area contributed by atoms with Gasteiger partial charge in [-0.25, -0.2) is 4.68 Å². The zero-order valence-electron chi connectivity index (χ0n) is 12.5. The minimum atomic E-state index is -0.778. The average Bonchev–Trinajstić information content (AvgIpc) is 2.94. The van der Waals surface area contributed by atoms with Crippen LogP contribution in [0.3, 0.4) is 0 Å². The maximum Gasteiger partial charge on any atom is 0.275 e. The molecule has 0 spiro atoms. The Morgan fingerprint density at radius 1 is 1.25 bits per heavy atom. The minimum absolute atomic E-state index is 0.0650. The number of carbonyl (C=O) groups excluding carboxylic acids is 2. The molecule has 0 aliphatic rings. The standard InChI is InChI=1S/C14H12N6O3S/c1-7-17-18-14(24-7)16-10(21)6-20-13(23)9-5-3-2-4-8(9)11(19-20)12(15)22/h2-5H,6H2,1H3,(H2,15,22)(H,16,18,21). The number of hydrogen-bond acceptors (Lipinski definition) is 7. The summed E-state index contributed by atoms with van der Waals surface area (Å²) in [7, 11) is 0. The molecule has 0 aliphatic carbocycles. The second kappa shape index (κ2) is 6.16. The third kappa shape index (κ3) is 2.99. The molecular weight excluding hydrogens is 332 g/mol. The van der Waals surface area contributed by atoms with Gasteiger partial charge in [-0.3, -0.25) is 19.7 Å². The number of carbonyl (C=O) groups is 2. The van der Waals surface area contributed by atoms with Crippen LogP contribution in [0.25, 0.3) is 10.8 Å². The van der Waals surface area contributed by atoms with Gasteiger partial charge in [0, 0.05) is 5.39 Å². The molecule has 0 saturated heterocycles. The molecule has 3 rings (SSSR count). The third-order valence-electron chi connectivity index (χ3n) is 3.17. The van der Waals surface area contributed by atoms with Crippen molar-refractivity contribution in [3.8, 4) is 0 Å². The Morgan fingerprint density at radius 3 is 2.58 bits per heavy atom. The summed E-state index contributed by atoms with van der Waals surface area (Å²) in [5, 5.41) is 15.6. The molecule has 2 amide bonds. The highest BCUT2D eigenvalue weighted by Crippen LogP contribution is 2.14. The lowest BCUT2D eigenvalue weighted by atomic mass is 10.1. The molecule has 0 aliphatic heterocycles. The SMILES string of the molecule is Cc1nnc(NC(=O)Cn2nc(C(N)=O)c3ccccc3c2=O)s1. The van der Waals surface area contributed by atoms with Crippen LogP contribution in [0.5, 0.6) is 0 Å². The van der Waals surface area contributed by atoms with Crippen LogP contribution in [0.2, 0.25) is 0 Å². The van der Waals surface area contributed by atoms with Gasteiger partial charge in [-0.1, -0.05) is 29.5 Å². The van der Waals surface area contributed by atoms with Gasteiger partial charge in [-0.15, -0.1) is 10.2 Å². The van der Waals surface area contributed by atoms with Gasteiger partial charge in [-0.2, -0.15) is 5.10 Å². The van der Waals surface area contributed by atoms with Crippen LogP contribution in [-0.4, -0.2) is 31.8 Å². The molecular formula is C14H12N6O3S. The highest BCUT2D eigenvalue weighted by Gasteiger charge is 2.16. The second-order valence-electron chi connectivity index (χ2n) is 4.90. The monoisotopic (exact) mass is 344 g/mol. The van der Waals surface area contributed by atoms with Gasteiger partial charge < -0.3 is 5.73 Å². The van der Waals surface area contributed by atoms with E-state index in [1.807, 2.05) is 0 Å². The van der Waals surface area contributed by atoms with Crippen molar-refractivity contribution in [3.63, 3.8) is 0 Å². The fourth-order valence-corrected chi connectivity index (χ4v) is 2.77. The highest BCUT2D eigenvalue weighted by molar-refractivity contribution is 7.15. The molecule has 10 heteroatoms. The molecule has 9 nitrogen and oxygen atoms in total. The van der Waals surface area contributed by atoms with Crippen LogP contribution in [0.15, 0.2) is 29.1 Å². The topological polar surface area (TPSA) is 133 Å². The van der Waals surface area contributed by atoms with Crippen LogP contribution in [0.1, 0.15) is 15.5 Å². The Kier molecular flexibility index (Phi) is 4.04. The van der Waals surface area contributed by atoms with Crippen molar-refractivity contribution in [1.82, 2.24) is 20.0 Å². The first-order valence-corrected chi connectivity index (χ1v) is 7.67. The Labute approximate surface area is 139 Å². The number of primary amides is 1. The summed E-state index contributed by atoms with van der Waals surface area (Å²) in [4.78, 5) is 36.1. The molecule has 0 unspecified atom stereocenters. The fourth-order valence-electron chi connectivity index (χ4n) is 2.17. The Hall–Kier alpha value is -3.14. The van der Waals surface area contributed by atoms with Gasteiger partial charge in [0.25, 0.3) is 11.5 Å². The molecule has 122 valence electrons. The molecule has 3 aromatic rings. The summed E-state index contributed by atoms with van der Waals surface area (Å²) >= 11 is 1.21. The van der Waals surface area contributed by atoms with Crippen LogP contribution < -0.4 is 16.6 Å². The summed E-state index contributed by atoms with van der Waals surface area (Å²) in [5.74, 6) is -1.29. The molecule has 24 heavy (non-hydrogen) atoms. The van der Waals surface area contributed by atoms with Crippen LogP contribution in [-0.2, 0) is 11.3 Å². The van der Waals surface area contributed by atoms with Crippen LogP contribution in [0, 0.1) is 6.92 Å². The molecule has 0 atom stereocenters. The van der Waals surface area contributed by atoms with E-state index in [0.29, 0.717) is 15.5 Å². The largest absolute Gasteiger partial charge is 0.364 e. The first-order valence-electron chi connectivity index (χ1n) is 6.85. The Bertz CT molecular complexity index is 1010. The van der Waals surface area contributed by atoms with Crippen molar-refractivity contribution in [2.75, 3.05) is 5.32 Å². The number of aryl methyl sites for hydroxylation is 1. The number of anilines is 1. The van der Waals surface area contributed by atoms with Crippen molar-refractivity contribution in [2.45, 2.75) is 13.5 Å². The number of nitrogens with zero attached hydrogens (tertiary/aromatic N) is 4. The predicted octanol–water partition coefficient (Wildman–Crippen LogP) is 0.294. The lowest BCUT2D eigenvalue weighted by molar-refractivity contribution is -0.117. The van der Waals surface area contributed by atoms with E-state index in [1.165, 1.54) is 11.3 Å². The van der Waals surface area contributed by atoms with E-state index in [9.17, 15) is 14.4 Å². The van der Waals surface area contributed by atoms with Crippen molar-refractivity contribution in [2.24, 2.45) is 5.73 Å². The number of nitrogens with one attached hydrogen (secondary N) is 1. The average molecular weight is 344 g/mol. The lowest BCUT2D eigenvalue weighted by Gasteiger charge is -2.08. The van der Waals surface area contributed by atoms with Gasteiger partial charge in [-0.05, 0) is 13.0 Å². The number of nitrogens with two attached hydrogens (primary N) is 1. The number of hydrogen-bond donors (Lipinski definition) is 2. The van der Waals surface area contributed by atoms with Crippen molar-refractivity contribution in [1.29, 1.82) is 0 Å². The predicted molar refractivity (Wildman–Crippen MR) is 87.8 cm³/mol. The zero-order valence-corrected chi connectivity index (χ0v) is 13.3. The molecule has 2 heterocycles. The number of rotatable bonds is 4. The van der Waals surface area contributed by atoms with E-state index in [1.54, 1.807) is 31.2 Å². The van der Waals surface area contributed by atoms with Gasteiger partial charge in [0.1, 0.15) is 11.6 Å². The van der Waals surface area contributed by atoms with Crippen LogP contribution >= 0.6 is 11.3 Å². The summed E-state index contributed by atoms with van der Waals surface area (Å²) in [6, 6.07) is 6.46. The van der Waals surface area contributed by atoms with E-state index < -0.39 is 17.4 Å². The van der Waals surface area contributed by atoms with E-state index >= 15 is 0 Å². The lowest BCUT2D eigenvalue weighted by Crippen LogP contribution is -2.32. The summed E-state index contributed by atoms with van der Waals surface area (Å²) < 4.78 is 0.908. The smallest absolute Gasteiger partial charge is 0.275 e. The fraction of sp³-hybridized carbons (Fsp3) is 0.143. The molecule has 0 saturated carbocycles. The summed E-state index contributed by atoms with van der Waals surface area (Å²) in [6.07, 6.45) is 0. The Balaban J connectivity index is 1.97. The molecule has 0 fully saturated rings. The number of aromatic nitrogens is 4. The van der Waals surface area contributed by atoms with Crippen molar-refractivity contribution >= 4 is 39.1 Å². The van der Waals surface area contributed by atoms with Gasteiger partial charge in [0.2, 0.25) is 11.0 Å². The number of fused-ring (bicyclic) bond motifs is 1. The molecule has 2 aromatic heterocycles. The molecule has 0 bridgehead atoms. The summed E-state index contributed by atoms with van der Waals surface area (Å²) in [6.45, 7) is 1.38. The van der Waals surface area contributed by atoms with E-state index in [4.69, 9.17) is 5.73 Å². The first kappa shape index (κ1) is 15.7. The van der Waals surface area contributed by atoms with Crippen molar-refractivity contribution in [3.05, 3.63) is 45.3 Å². The van der Waals surface area contributed by atoms with E-state index in [-0.39, 0.29) is 17.6 Å². The van der Waals surface area contributed by atoms with Crippen molar-refractivity contribution < 1.29 is 9.59 Å². The molecule has 3 N–H and O–H groups in total. The molecule has 0 radical (unpaired) electrons. The van der Waals surface area contributed by atoms with Gasteiger partial charge >= 0.3 is 0 Å². The normalized spacial score (nSPS) is 10.7. The van der Waals surface area contributed by atoms with Gasteiger partial charge in [0.15, 0.2) is 5.69 Å². The maximum absolute atomic E-state index is 12.4.